The van der Waals surface area contributed by atoms with E-state index in [4.69, 9.17) is 10.5 Å². The lowest BCUT2D eigenvalue weighted by atomic mass is 10.1. The zero-order valence-corrected chi connectivity index (χ0v) is 17.5. The van der Waals surface area contributed by atoms with Crippen molar-refractivity contribution in [3.05, 3.63) is 26.6 Å². The Hall–Kier alpha value is -2.22. The minimum absolute atomic E-state index is 0.0887. The SMILES string of the molecule is CCC(C(N)=O)n1c(C(C)C)nc2sc(C(=O)OCC(C)C)c(C)c2c1=O. The quantitative estimate of drug-likeness (QED) is 0.728. The molecule has 2 N–H and O–H groups in total. The molecule has 0 bridgehead atoms. The molecule has 27 heavy (non-hydrogen) atoms. The third kappa shape index (κ3) is 4.05. The van der Waals surface area contributed by atoms with Crippen LogP contribution in [0, 0.1) is 12.8 Å². The van der Waals surface area contributed by atoms with Gasteiger partial charge in [-0.25, -0.2) is 9.78 Å². The van der Waals surface area contributed by atoms with Gasteiger partial charge >= 0.3 is 5.97 Å². The van der Waals surface area contributed by atoms with Gasteiger partial charge in [-0.2, -0.15) is 0 Å². The summed E-state index contributed by atoms with van der Waals surface area (Å²) in [4.78, 5) is 43.0. The summed E-state index contributed by atoms with van der Waals surface area (Å²) in [6.45, 7) is 11.5. The number of hydrogen-bond donors (Lipinski definition) is 1. The average molecular weight is 394 g/mol. The average Bonchev–Trinajstić information content (AvgIpc) is 2.91. The molecule has 1 atom stereocenters. The first kappa shape index (κ1) is 21.1. The molecule has 0 saturated carbocycles. The second-order valence-electron chi connectivity index (χ2n) is 7.35. The number of primary amides is 1. The number of rotatable bonds is 7. The second-order valence-corrected chi connectivity index (χ2v) is 8.35. The highest BCUT2D eigenvalue weighted by atomic mass is 32.1. The summed E-state index contributed by atoms with van der Waals surface area (Å²) in [6.07, 6.45) is 0.384. The molecule has 2 heterocycles. The Balaban J connectivity index is 2.72. The number of nitrogens with two attached hydrogens (primary N) is 1. The van der Waals surface area contributed by atoms with Crippen LogP contribution in [0.25, 0.3) is 10.2 Å². The van der Waals surface area contributed by atoms with Crippen molar-refractivity contribution in [3.8, 4) is 0 Å². The number of carbonyl (C=O) groups is 2. The number of amides is 1. The highest BCUT2D eigenvalue weighted by Gasteiger charge is 2.27. The number of nitrogens with zero attached hydrogens (tertiary/aromatic N) is 2. The van der Waals surface area contributed by atoms with E-state index < -0.39 is 17.9 Å². The number of ether oxygens (including phenoxy) is 1. The van der Waals surface area contributed by atoms with Gasteiger partial charge in [-0.3, -0.25) is 14.2 Å². The summed E-state index contributed by atoms with van der Waals surface area (Å²) in [5, 5.41) is 0.348. The Bertz CT molecular complexity index is 927. The van der Waals surface area contributed by atoms with Gasteiger partial charge in [-0.1, -0.05) is 34.6 Å². The maximum Gasteiger partial charge on any atom is 0.348 e. The molecule has 148 valence electrons. The monoisotopic (exact) mass is 393 g/mol. The third-order valence-corrected chi connectivity index (χ3v) is 5.47. The first-order valence-corrected chi connectivity index (χ1v) is 9.93. The molecule has 2 aromatic rings. The molecule has 2 rings (SSSR count). The summed E-state index contributed by atoms with van der Waals surface area (Å²) in [5.41, 5.74) is 5.71. The van der Waals surface area contributed by atoms with Crippen molar-refractivity contribution in [2.45, 2.75) is 59.9 Å². The van der Waals surface area contributed by atoms with Gasteiger partial charge in [0.1, 0.15) is 21.6 Å². The number of fused-ring (bicyclic) bond motifs is 1. The standard InChI is InChI=1S/C19H27N3O4S/c1-7-12(15(20)23)22-16(10(4)5)21-17-13(18(22)24)11(6)14(27-17)19(25)26-8-9(2)3/h9-10,12H,7-8H2,1-6H3,(H2,20,23). The smallest absolute Gasteiger partial charge is 0.348 e. The Morgan fingerprint density at radius 3 is 2.37 bits per heavy atom. The number of thiophene rings is 1. The zero-order chi connectivity index (χ0) is 20.5. The molecule has 0 saturated heterocycles. The lowest BCUT2D eigenvalue weighted by Gasteiger charge is -2.20. The Morgan fingerprint density at radius 2 is 1.89 bits per heavy atom. The normalized spacial score (nSPS) is 12.7. The highest BCUT2D eigenvalue weighted by Crippen LogP contribution is 2.30. The lowest BCUT2D eigenvalue weighted by molar-refractivity contribution is -0.121. The number of carbonyl (C=O) groups excluding carboxylic acids is 2. The fourth-order valence-corrected chi connectivity index (χ4v) is 4.01. The molecular weight excluding hydrogens is 366 g/mol. The highest BCUT2D eigenvalue weighted by molar-refractivity contribution is 7.20. The maximum absolute atomic E-state index is 13.3. The molecule has 7 nitrogen and oxygen atoms in total. The van der Waals surface area contributed by atoms with Crippen molar-refractivity contribution in [2.24, 2.45) is 11.7 Å². The first-order valence-electron chi connectivity index (χ1n) is 9.12. The van der Waals surface area contributed by atoms with Crippen molar-refractivity contribution in [3.63, 3.8) is 0 Å². The van der Waals surface area contributed by atoms with E-state index in [9.17, 15) is 14.4 Å². The van der Waals surface area contributed by atoms with E-state index in [0.29, 0.717) is 39.5 Å². The zero-order valence-electron chi connectivity index (χ0n) is 16.7. The molecule has 0 aromatic carbocycles. The Labute approximate surface area is 162 Å². The van der Waals surface area contributed by atoms with Crippen LogP contribution in [0.1, 0.15) is 74.1 Å². The maximum atomic E-state index is 13.3. The van der Waals surface area contributed by atoms with Gasteiger partial charge in [-0.05, 0) is 24.8 Å². The van der Waals surface area contributed by atoms with Gasteiger partial charge in [-0.15, -0.1) is 11.3 Å². The van der Waals surface area contributed by atoms with Crippen molar-refractivity contribution in [2.75, 3.05) is 6.61 Å². The summed E-state index contributed by atoms with van der Waals surface area (Å²) >= 11 is 1.15. The van der Waals surface area contributed by atoms with Crippen LogP contribution in [0.3, 0.4) is 0 Å². The Morgan fingerprint density at radius 1 is 1.26 bits per heavy atom. The van der Waals surface area contributed by atoms with Gasteiger partial charge in [0.05, 0.1) is 12.0 Å². The second kappa shape index (κ2) is 8.21. The van der Waals surface area contributed by atoms with E-state index in [0.717, 1.165) is 11.3 Å². The number of esters is 1. The summed E-state index contributed by atoms with van der Waals surface area (Å²) in [5.74, 6) is -0.418. The largest absolute Gasteiger partial charge is 0.461 e. The van der Waals surface area contributed by atoms with Crippen LogP contribution < -0.4 is 11.3 Å². The molecule has 0 spiro atoms. The van der Waals surface area contributed by atoms with Crippen LogP contribution >= 0.6 is 11.3 Å². The van der Waals surface area contributed by atoms with Crippen molar-refractivity contribution in [1.82, 2.24) is 9.55 Å². The number of aryl methyl sites for hydroxylation is 1. The van der Waals surface area contributed by atoms with Crippen LogP contribution in [0.2, 0.25) is 0 Å². The van der Waals surface area contributed by atoms with Crippen molar-refractivity contribution in [1.29, 1.82) is 0 Å². The number of aromatic nitrogens is 2. The molecular formula is C19H27N3O4S. The van der Waals surface area contributed by atoms with E-state index in [2.05, 4.69) is 4.98 Å². The minimum atomic E-state index is -0.776. The molecule has 1 amide bonds. The van der Waals surface area contributed by atoms with Gasteiger partial charge < -0.3 is 10.5 Å². The lowest BCUT2D eigenvalue weighted by Crippen LogP contribution is -2.36. The Kier molecular flexibility index (Phi) is 6.41. The van der Waals surface area contributed by atoms with E-state index in [-0.39, 0.29) is 17.4 Å². The molecule has 0 aliphatic heterocycles. The summed E-state index contributed by atoms with van der Waals surface area (Å²) in [7, 11) is 0. The molecule has 0 fully saturated rings. The van der Waals surface area contributed by atoms with Gasteiger partial charge in [0.15, 0.2) is 0 Å². The van der Waals surface area contributed by atoms with Crippen LogP contribution in [-0.4, -0.2) is 28.0 Å². The van der Waals surface area contributed by atoms with Crippen LogP contribution in [0.4, 0.5) is 0 Å². The summed E-state index contributed by atoms with van der Waals surface area (Å²) < 4.78 is 6.70. The topological polar surface area (TPSA) is 104 Å². The molecule has 0 aliphatic rings. The van der Waals surface area contributed by atoms with E-state index in [1.54, 1.807) is 13.8 Å². The van der Waals surface area contributed by atoms with E-state index in [1.807, 2.05) is 27.7 Å². The van der Waals surface area contributed by atoms with E-state index >= 15 is 0 Å². The first-order chi connectivity index (χ1) is 12.6. The van der Waals surface area contributed by atoms with Gasteiger partial charge in [0.25, 0.3) is 5.56 Å². The number of hydrogen-bond acceptors (Lipinski definition) is 6. The molecule has 0 radical (unpaired) electrons. The predicted molar refractivity (Wildman–Crippen MR) is 106 cm³/mol. The van der Waals surface area contributed by atoms with Gasteiger partial charge in [0, 0.05) is 5.92 Å². The summed E-state index contributed by atoms with van der Waals surface area (Å²) in [6, 6.07) is -0.776. The van der Waals surface area contributed by atoms with Crippen LogP contribution in [0.15, 0.2) is 4.79 Å². The minimum Gasteiger partial charge on any atom is -0.461 e. The molecule has 8 heteroatoms. The molecule has 2 aromatic heterocycles. The van der Waals surface area contributed by atoms with Gasteiger partial charge in [0.2, 0.25) is 5.91 Å². The van der Waals surface area contributed by atoms with Crippen molar-refractivity contribution < 1.29 is 14.3 Å². The molecule has 0 aliphatic carbocycles. The molecule has 1 unspecified atom stereocenters. The van der Waals surface area contributed by atoms with Crippen LogP contribution in [-0.2, 0) is 9.53 Å². The van der Waals surface area contributed by atoms with Crippen LogP contribution in [0.5, 0.6) is 0 Å². The van der Waals surface area contributed by atoms with E-state index in [1.165, 1.54) is 4.57 Å². The predicted octanol–water partition coefficient (Wildman–Crippen LogP) is 3.14. The van der Waals surface area contributed by atoms with Crippen molar-refractivity contribution >= 4 is 33.4 Å². The fourth-order valence-electron chi connectivity index (χ4n) is 2.93. The fraction of sp³-hybridized carbons (Fsp3) is 0.579. The third-order valence-electron chi connectivity index (χ3n) is 4.30.